The third-order valence-electron chi connectivity index (χ3n) is 4.52. The molecule has 3 rings (SSSR count). The highest BCUT2D eigenvalue weighted by Crippen LogP contribution is 2.52. The van der Waals surface area contributed by atoms with Crippen molar-refractivity contribution in [2.45, 2.75) is 11.8 Å². The van der Waals surface area contributed by atoms with Crippen molar-refractivity contribution in [3.8, 4) is 6.07 Å². The number of benzene rings is 1. The number of carbonyl (C=O) groups excluding carboxylic acids is 3. The summed E-state index contributed by atoms with van der Waals surface area (Å²) in [5.74, 6) is -2.98. The summed E-state index contributed by atoms with van der Waals surface area (Å²) in [6.45, 7) is 0. The number of anilines is 1. The maximum Gasteiger partial charge on any atom is 0.339 e. The Hall–Kier alpha value is -3.32. The minimum atomic E-state index is -1.92. The van der Waals surface area contributed by atoms with Crippen LogP contribution in [-0.4, -0.2) is 32.1 Å². The first-order chi connectivity index (χ1) is 13.3. The average molecular weight is 448 g/mol. The van der Waals surface area contributed by atoms with Gasteiger partial charge in [0, 0.05) is 15.7 Å². The number of carbonyl (C=O) groups is 3. The minimum Gasteiger partial charge on any atom is -0.469 e. The first kappa shape index (κ1) is 19.4. The van der Waals surface area contributed by atoms with E-state index in [9.17, 15) is 19.6 Å². The molecule has 2 heterocycles. The van der Waals surface area contributed by atoms with Gasteiger partial charge in [-0.15, -0.1) is 0 Å². The molecule has 1 aromatic rings. The van der Waals surface area contributed by atoms with Crippen molar-refractivity contribution in [3.05, 3.63) is 51.0 Å². The van der Waals surface area contributed by atoms with E-state index in [1.165, 1.54) is 0 Å². The van der Waals surface area contributed by atoms with E-state index in [2.05, 4.69) is 26.0 Å². The molecule has 1 spiro atoms. The third kappa shape index (κ3) is 2.63. The fourth-order valence-electron chi connectivity index (χ4n) is 3.36. The highest BCUT2D eigenvalue weighted by Gasteiger charge is 2.60. The molecular formula is C18H14BrN3O6. The predicted octanol–water partition coefficient (Wildman–Crippen LogP) is 1.35. The number of fused-ring (bicyclic) bond motifs is 2. The van der Waals surface area contributed by atoms with Gasteiger partial charge in [-0.1, -0.05) is 15.9 Å². The van der Waals surface area contributed by atoms with Crippen molar-refractivity contribution < 1.29 is 28.6 Å². The number of nitriles is 1. The van der Waals surface area contributed by atoms with Gasteiger partial charge in [-0.2, -0.15) is 5.26 Å². The number of esters is 2. The van der Waals surface area contributed by atoms with Crippen LogP contribution >= 0.6 is 15.9 Å². The molecule has 2 aliphatic rings. The minimum absolute atomic E-state index is 0.224. The Morgan fingerprint density at radius 2 is 2.07 bits per heavy atom. The Bertz CT molecular complexity index is 1020. The maximum absolute atomic E-state index is 13.2. The second kappa shape index (κ2) is 7.01. The second-order valence-electron chi connectivity index (χ2n) is 5.89. The first-order valence-corrected chi connectivity index (χ1v) is 8.68. The summed E-state index contributed by atoms with van der Waals surface area (Å²) in [7, 11) is 2.27. The first-order valence-electron chi connectivity index (χ1n) is 7.89. The van der Waals surface area contributed by atoms with Crippen LogP contribution in [0.15, 0.2) is 45.5 Å². The number of hydrogen-bond donors (Lipinski definition) is 2. The van der Waals surface area contributed by atoms with E-state index in [0.29, 0.717) is 15.7 Å². The van der Waals surface area contributed by atoms with Gasteiger partial charge in [0.15, 0.2) is 5.41 Å². The van der Waals surface area contributed by atoms with Gasteiger partial charge >= 0.3 is 11.9 Å². The number of rotatable bonds is 3. The molecule has 9 nitrogen and oxygen atoms in total. The van der Waals surface area contributed by atoms with Crippen molar-refractivity contribution in [1.82, 2.24) is 0 Å². The standard InChI is InChI=1S/C18H14BrN3O6/c1-26-13(23)6-12-14(16(24)27-2)18(10(7-20)15(21)28-12)9-5-8(19)3-4-11(9)22-17(18)25/h3-5H,6,21H2,1-2H3,(H,22,25). The Morgan fingerprint density at radius 1 is 1.36 bits per heavy atom. The number of hydrogen-bond acceptors (Lipinski definition) is 8. The van der Waals surface area contributed by atoms with E-state index in [1.807, 2.05) is 6.07 Å². The monoisotopic (exact) mass is 447 g/mol. The van der Waals surface area contributed by atoms with Gasteiger partial charge in [0.05, 0.1) is 14.2 Å². The highest BCUT2D eigenvalue weighted by molar-refractivity contribution is 9.10. The topological polar surface area (TPSA) is 141 Å². The highest BCUT2D eigenvalue weighted by atomic mass is 79.9. The summed E-state index contributed by atoms with van der Waals surface area (Å²) in [4.78, 5) is 37.8. The Balaban J connectivity index is 2.43. The van der Waals surface area contributed by atoms with Crippen molar-refractivity contribution in [2.75, 3.05) is 19.5 Å². The number of amides is 1. The smallest absolute Gasteiger partial charge is 0.339 e. The second-order valence-corrected chi connectivity index (χ2v) is 6.81. The van der Waals surface area contributed by atoms with E-state index in [-0.39, 0.29) is 16.9 Å². The molecule has 28 heavy (non-hydrogen) atoms. The van der Waals surface area contributed by atoms with Crippen LogP contribution in [0.2, 0.25) is 0 Å². The van der Waals surface area contributed by atoms with Gasteiger partial charge in [0.1, 0.15) is 29.4 Å². The molecule has 0 aromatic heterocycles. The van der Waals surface area contributed by atoms with Crippen LogP contribution in [0.3, 0.4) is 0 Å². The molecule has 2 aliphatic heterocycles. The van der Waals surface area contributed by atoms with Crippen LogP contribution in [0.1, 0.15) is 12.0 Å². The molecule has 0 radical (unpaired) electrons. The van der Waals surface area contributed by atoms with Gasteiger partial charge < -0.3 is 25.3 Å². The van der Waals surface area contributed by atoms with Crippen LogP contribution < -0.4 is 11.1 Å². The molecule has 10 heteroatoms. The Labute approximate surface area is 167 Å². The van der Waals surface area contributed by atoms with Crippen LogP contribution in [0.5, 0.6) is 0 Å². The maximum atomic E-state index is 13.2. The Morgan fingerprint density at radius 3 is 2.68 bits per heavy atom. The molecule has 1 aromatic carbocycles. The van der Waals surface area contributed by atoms with E-state index < -0.39 is 35.6 Å². The van der Waals surface area contributed by atoms with Crippen molar-refractivity contribution >= 4 is 39.5 Å². The van der Waals surface area contributed by atoms with Crippen LogP contribution in [0, 0.1) is 11.3 Å². The van der Waals surface area contributed by atoms with Gasteiger partial charge in [-0.3, -0.25) is 9.59 Å². The molecule has 0 bridgehead atoms. The van der Waals surface area contributed by atoms with Crippen molar-refractivity contribution in [3.63, 3.8) is 0 Å². The summed E-state index contributed by atoms with van der Waals surface area (Å²) in [6, 6.07) is 6.76. The largest absolute Gasteiger partial charge is 0.469 e. The Kier molecular flexibility index (Phi) is 4.87. The number of methoxy groups -OCH3 is 2. The molecule has 0 fully saturated rings. The lowest BCUT2D eigenvalue weighted by Crippen LogP contribution is -2.46. The quantitative estimate of drug-likeness (QED) is 0.661. The van der Waals surface area contributed by atoms with Crippen molar-refractivity contribution in [1.29, 1.82) is 5.26 Å². The molecule has 144 valence electrons. The van der Waals surface area contributed by atoms with Gasteiger partial charge in [-0.25, -0.2) is 4.79 Å². The van der Waals surface area contributed by atoms with Crippen molar-refractivity contribution in [2.24, 2.45) is 5.73 Å². The predicted molar refractivity (Wildman–Crippen MR) is 98.0 cm³/mol. The molecule has 1 unspecified atom stereocenters. The van der Waals surface area contributed by atoms with E-state index >= 15 is 0 Å². The van der Waals surface area contributed by atoms with Crippen LogP contribution in [0.25, 0.3) is 0 Å². The summed E-state index contributed by atoms with van der Waals surface area (Å²) < 4.78 is 15.5. The van der Waals surface area contributed by atoms with Gasteiger partial charge in [-0.05, 0) is 18.2 Å². The number of halogens is 1. The molecule has 1 amide bonds. The molecule has 0 saturated carbocycles. The third-order valence-corrected chi connectivity index (χ3v) is 5.01. The van der Waals surface area contributed by atoms with Gasteiger partial charge in [0.25, 0.3) is 0 Å². The summed E-state index contributed by atoms with van der Waals surface area (Å²) in [5, 5.41) is 12.4. The molecule has 1 atom stereocenters. The molecule has 0 aliphatic carbocycles. The fraction of sp³-hybridized carbons (Fsp3) is 0.222. The molecular weight excluding hydrogens is 434 g/mol. The number of nitrogens with zero attached hydrogens (tertiary/aromatic N) is 1. The molecule has 0 saturated heterocycles. The van der Waals surface area contributed by atoms with E-state index in [0.717, 1.165) is 14.2 Å². The lowest BCUT2D eigenvalue weighted by Gasteiger charge is -2.34. The lowest BCUT2D eigenvalue weighted by atomic mass is 9.68. The number of nitrogens with two attached hydrogens (primary N) is 1. The fourth-order valence-corrected chi connectivity index (χ4v) is 3.72. The summed E-state index contributed by atoms with van der Waals surface area (Å²) in [6.07, 6.45) is -0.487. The number of nitrogens with one attached hydrogen (secondary N) is 1. The average Bonchev–Trinajstić information content (AvgIpc) is 2.93. The zero-order valence-electron chi connectivity index (χ0n) is 14.8. The van der Waals surface area contributed by atoms with E-state index in [1.54, 1.807) is 18.2 Å². The number of ether oxygens (including phenoxy) is 3. The van der Waals surface area contributed by atoms with Crippen LogP contribution in [0.4, 0.5) is 5.69 Å². The summed E-state index contributed by atoms with van der Waals surface area (Å²) in [5.41, 5.74) is 4.09. The van der Waals surface area contributed by atoms with Gasteiger partial charge in [0.2, 0.25) is 11.8 Å². The lowest BCUT2D eigenvalue weighted by molar-refractivity contribution is -0.141. The van der Waals surface area contributed by atoms with E-state index in [4.69, 9.17) is 15.2 Å². The zero-order valence-corrected chi connectivity index (χ0v) is 16.4. The molecule has 3 N–H and O–H groups in total. The summed E-state index contributed by atoms with van der Waals surface area (Å²) >= 11 is 3.33. The normalized spacial score (nSPS) is 20.3. The van der Waals surface area contributed by atoms with Crippen LogP contribution in [-0.2, 0) is 34.0 Å². The zero-order chi connectivity index (χ0) is 20.6. The SMILES string of the molecule is COC(=O)CC1=C(C(=O)OC)C2(C(=O)Nc3ccc(Br)cc32)C(C#N)=C(N)O1.